The van der Waals surface area contributed by atoms with Crippen LogP contribution in [-0.2, 0) is 9.59 Å². The summed E-state index contributed by atoms with van der Waals surface area (Å²) in [6.45, 7) is 2.13. The van der Waals surface area contributed by atoms with Gasteiger partial charge >= 0.3 is 0 Å². The van der Waals surface area contributed by atoms with Crippen molar-refractivity contribution in [2.75, 3.05) is 18.5 Å². The molecule has 1 aliphatic heterocycles. The van der Waals surface area contributed by atoms with E-state index in [1.165, 1.54) is 12.1 Å². The zero-order chi connectivity index (χ0) is 20.4. The minimum Gasteiger partial charge on any atom is -0.339 e. The smallest absolute Gasteiger partial charge is 0.269 e. The standard InChI is InChI=1S/C20H20BrN3O4/c1-13(14-6-5-7-16(10-14)24(27)28)22(2)20(26)15-11-19(25)23(12-15)18-9-4-3-8-17(18)21/h3-10,13,15H,11-12H2,1-2H3. The maximum absolute atomic E-state index is 13.0. The van der Waals surface area contributed by atoms with Crippen molar-refractivity contribution in [3.63, 3.8) is 0 Å². The molecule has 2 aromatic carbocycles. The summed E-state index contributed by atoms with van der Waals surface area (Å²) in [6, 6.07) is 13.3. The average Bonchev–Trinajstić information content (AvgIpc) is 3.08. The van der Waals surface area contributed by atoms with Gasteiger partial charge in [0.2, 0.25) is 11.8 Å². The van der Waals surface area contributed by atoms with E-state index >= 15 is 0 Å². The third-order valence-electron chi connectivity index (χ3n) is 5.11. The predicted octanol–water partition coefficient (Wildman–Crippen LogP) is 3.93. The van der Waals surface area contributed by atoms with Crippen molar-refractivity contribution in [2.45, 2.75) is 19.4 Å². The Morgan fingerprint density at radius 3 is 2.68 bits per heavy atom. The van der Waals surface area contributed by atoms with Gasteiger partial charge in [0, 0.05) is 36.6 Å². The van der Waals surface area contributed by atoms with Gasteiger partial charge in [-0.05, 0) is 40.5 Å². The van der Waals surface area contributed by atoms with Gasteiger partial charge in [-0.1, -0.05) is 24.3 Å². The molecule has 2 unspecified atom stereocenters. The number of nitrogens with zero attached hydrogens (tertiary/aromatic N) is 3. The van der Waals surface area contributed by atoms with Crippen molar-refractivity contribution in [3.05, 3.63) is 68.7 Å². The van der Waals surface area contributed by atoms with Crippen LogP contribution in [0.5, 0.6) is 0 Å². The molecule has 8 heteroatoms. The Labute approximate surface area is 171 Å². The first-order valence-electron chi connectivity index (χ1n) is 8.85. The first-order valence-corrected chi connectivity index (χ1v) is 9.64. The SMILES string of the molecule is CC(c1cccc([N+](=O)[O-])c1)N(C)C(=O)C1CC(=O)N(c2ccccc2Br)C1. The highest BCUT2D eigenvalue weighted by atomic mass is 79.9. The molecule has 1 heterocycles. The number of carbonyl (C=O) groups is 2. The molecule has 1 aliphatic rings. The average molecular weight is 446 g/mol. The van der Waals surface area contributed by atoms with Gasteiger partial charge in [0.15, 0.2) is 0 Å². The molecule has 0 aliphatic carbocycles. The summed E-state index contributed by atoms with van der Waals surface area (Å²) in [5, 5.41) is 11.0. The van der Waals surface area contributed by atoms with Crippen LogP contribution in [0.2, 0.25) is 0 Å². The zero-order valence-corrected chi connectivity index (χ0v) is 17.1. The third-order valence-corrected chi connectivity index (χ3v) is 5.78. The van der Waals surface area contributed by atoms with E-state index in [0.29, 0.717) is 12.1 Å². The first kappa shape index (κ1) is 20.0. The van der Waals surface area contributed by atoms with E-state index in [0.717, 1.165) is 10.2 Å². The number of non-ortho nitro benzene ring substituents is 1. The summed E-state index contributed by atoms with van der Waals surface area (Å²) in [5.41, 5.74) is 1.41. The van der Waals surface area contributed by atoms with E-state index in [-0.39, 0.29) is 30.0 Å². The van der Waals surface area contributed by atoms with Gasteiger partial charge in [0.05, 0.1) is 22.6 Å². The molecule has 146 valence electrons. The second-order valence-corrected chi connectivity index (χ2v) is 7.69. The lowest BCUT2D eigenvalue weighted by Crippen LogP contribution is -2.36. The number of benzene rings is 2. The molecule has 0 radical (unpaired) electrons. The molecule has 2 aromatic rings. The largest absolute Gasteiger partial charge is 0.339 e. The highest BCUT2D eigenvalue weighted by molar-refractivity contribution is 9.10. The van der Waals surface area contributed by atoms with E-state index < -0.39 is 10.8 Å². The number of amides is 2. The monoisotopic (exact) mass is 445 g/mol. The molecular formula is C20H20BrN3O4. The number of nitro benzene ring substituents is 1. The normalized spacial score (nSPS) is 17.5. The van der Waals surface area contributed by atoms with Gasteiger partial charge < -0.3 is 9.80 Å². The number of rotatable bonds is 5. The predicted molar refractivity (Wildman–Crippen MR) is 109 cm³/mol. The van der Waals surface area contributed by atoms with Crippen LogP contribution in [0.15, 0.2) is 53.0 Å². The second-order valence-electron chi connectivity index (χ2n) is 6.83. The lowest BCUT2D eigenvalue weighted by atomic mass is 10.0. The molecule has 0 bridgehead atoms. The zero-order valence-electron chi connectivity index (χ0n) is 15.5. The maximum Gasteiger partial charge on any atom is 0.269 e. The second kappa shape index (κ2) is 8.10. The summed E-state index contributed by atoms with van der Waals surface area (Å²) in [5.74, 6) is -0.700. The number of para-hydroxylation sites is 1. The number of hydrogen-bond donors (Lipinski definition) is 0. The summed E-state index contributed by atoms with van der Waals surface area (Å²) in [6.07, 6.45) is 0.145. The lowest BCUT2D eigenvalue weighted by Gasteiger charge is -2.28. The molecule has 0 aromatic heterocycles. The van der Waals surface area contributed by atoms with Crippen LogP contribution >= 0.6 is 15.9 Å². The fraction of sp³-hybridized carbons (Fsp3) is 0.300. The fourth-order valence-corrected chi connectivity index (χ4v) is 3.88. The molecule has 2 amide bonds. The Hall–Kier alpha value is -2.74. The Morgan fingerprint density at radius 1 is 1.29 bits per heavy atom. The third kappa shape index (κ3) is 3.91. The molecule has 0 N–H and O–H groups in total. The summed E-state index contributed by atoms with van der Waals surface area (Å²) >= 11 is 3.45. The molecule has 28 heavy (non-hydrogen) atoms. The van der Waals surface area contributed by atoms with Gasteiger partial charge in [-0.25, -0.2) is 0 Å². The van der Waals surface area contributed by atoms with Gasteiger partial charge in [0.25, 0.3) is 5.69 Å². The Balaban J connectivity index is 1.75. The van der Waals surface area contributed by atoms with E-state index in [4.69, 9.17) is 0 Å². The Morgan fingerprint density at radius 2 is 2.00 bits per heavy atom. The topological polar surface area (TPSA) is 83.8 Å². The quantitative estimate of drug-likeness (QED) is 0.515. The summed E-state index contributed by atoms with van der Waals surface area (Å²) < 4.78 is 0.801. The lowest BCUT2D eigenvalue weighted by molar-refractivity contribution is -0.384. The van der Waals surface area contributed by atoms with Crippen LogP contribution in [0.1, 0.15) is 24.9 Å². The molecule has 7 nitrogen and oxygen atoms in total. The van der Waals surface area contributed by atoms with Crippen molar-refractivity contribution in [2.24, 2.45) is 5.92 Å². The van der Waals surface area contributed by atoms with Crippen molar-refractivity contribution < 1.29 is 14.5 Å². The summed E-state index contributed by atoms with van der Waals surface area (Å²) in [7, 11) is 1.66. The molecule has 3 rings (SSSR count). The van der Waals surface area contributed by atoms with Crippen LogP contribution in [0.3, 0.4) is 0 Å². The minimum absolute atomic E-state index is 0.0126. The van der Waals surface area contributed by atoms with Crippen molar-refractivity contribution in [3.8, 4) is 0 Å². The number of carbonyl (C=O) groups excluding carboxylic acids is 2. The van der Waals surface area contributed by atoms with Crippen LogP contribution < -0.4 is 4.90 Å². The van der Waals surface area contributed by atoms with Crippen LogP contribution in [0.4, 0.5) is 11.4 Å². The van der Waals surface area contributed by atoms with E-state index in [1.807, 2.05) is 31.2 Å². The Kier molecular flexibility index (Phi) is 5.79. The van der Waals surface area contributed by atoms with Gasteiger partial charge in [-0.15, -0.1) is 0 Å². The highest BCUT2D eigenvalue weighted by Crippen LogP contribution is 2.33. The molecule has 0 saturated carbocycles. The van der Waals surface area contributed by atoms with E-state index in [1.54, 1.807) is 29.0 Å². The first-order chi connectivity index (χ1) is 13.3. The van der Waals surface area contributed by atoms with Crippen LogP contribution in [-0.4, -0.2) is 35.2 Å². The minimum atomic E-state index is -0.455. The van der Waals surface area contributed by atoms with Crippen LogP contribution in [0.25, 0.3) is 0 Å². The highest BCUT2D eigenvalue weighted by Gasteiger charge is 2.38. The molecular weight excluding hydrogens is 426 g/mol. The number of hydrogen-bond acceptors (Lipinski definition) is 4. The summed E-state index contributed by atoms with van der Waals surface area (Å²) in [4.78, 5) is 39.2. The molecule has 0 spiro atoms. The number of halogens is 1. The molecule has 1 fully saturated rings. The van der Waals surface area contributed by atoms with E-state index in [2.05, 4.69) is 15.9 Å². The van der Waals surface area contributed by atoms with Crippen molar-refractivity contribution in [1.82, 2.24) is 4.90 Å². The maximum atomic E-state index is 13.0. The fourth-order valence-electron chi connectivity index (χ4n) is 3.38. The van der Waals surface area contributed by atoms with Gasteiger partial charge in [-0.2, -0.15) is 0 Å². The van der Waals surface area contributed by atoms with Crippen molar-refractivity contribution >= 4 is 39.1 Å². The van der Waals surface area contributed by atoms with Crippen LogP contribution in [0, 0.1) is 16.0 Å². The van der Waals surface area contributed by atoms with Gasteiger partial charge in [-0.3, -0.25) is 19.7 Å². The number of nitro groups is 1. The molecule has 2 atom stereocenters. The van der Waals surface area contributed by atoms with E-state index in [9.17, 15) is 19.7 Å². The Bertz CT molecular complexity index is 933. The van der Waals surface area contributed by atoms with Crippen molar-refractivity contribution in [1.29, 1.82) is 0 Å². The molecule has 1 saturated heterocycles. The van der Waals surface area contributed by atoms with Gasteiger partial charge in [0.1, 0.15) is 0 Å². The number of anilines is 1.